The van der Waals surface area contributed by atoms with E-state index < -0.39 is 0 Å². The maximum atomic E-state index is 4.27. The van der Waals surface area contributed by atoms with Crippen LogP contribution in [0.5, 0.6) is 0 Å². The molecule has 2 heterocycles. The van der Waals surface area contributed by atoms with Crippen LogP contribution in [0.3, 0.4) is 0 Å². The molecule has 0 radical (unpaired) electrons. The van der Waals surface area contributed by atoms with Gasteiger partial charge in [-0.1, -0.05) is 13.8 Å². The molecule has 1 aromatic rings. The van der Waals surface area contributed by atoms with E-state index in [4.69, 9.17) is 0 Å². The monoisotopic (exact) mass is 238 g/mol. The molecule has 96 valence electrons. The summed E-state index contributed by atoms with van der Waals surface area (Å²) in [5.41, 5.74) is 0.247. The summed E-state index contributed by atoms with van der Waals surface area (Å²) in [4.78, 5) is 4.03. The highest BCUT2D eigenvalue weighted by atomic mass is 15.6. The average Bonchev–Trinajstić information content (AvgIpc) is 2.76. The van der Waals surface area contributed by atoms with Gasteiger partial charge in [-0.15, -0.1) is 10.2 Å². The molecule has 1 fully saturated rings. The van der Waals surface area contributed by atoms with Gasteiger partial charge in [0.2, 0.25) is 0 Å². The van der Waals surface area contributed by atoms with Crippen LogP contribution in [0.2, 0.25) is 0 Å². The molecule has 6 nitrogen and oxygen atoms in total. The Balaban J connectivity index is 2.11. The lowest BCUT2D eigenvalue weighted by Gasteiger charge is -2.46. The van der Waals surface area contributed by atoms with Gasteiger partial charge in [0.05, 0.1) is 13.6 Å². The summed E-state index contributed by atoms with van der Waals surface area (Å²) in [5.74, 6) is 0.820. The van der Waals surface area contributed by atoms with E-state index in [1.54, 1.807) is 7.05 Å². The van der Waals surface area contributed by atoms with Gasteiger partial charge in [0.1, 0.15) is 0 Å². The quantitative estimate of drug-likeness (QED) is 0.810. The van der Waals surface area contributed by atoms with Crippen LogP contribution in [0.25, 0.3) is 0 Å². The maximum Gasteiger partial charge on any atom is 0.188 e. The Kier molecular flexibility index (Phi) is 3.73. The van der Waals surface area contributed by atoms with Crippen molar-refractivity contribution >= 4 is 0 Å². The van der Waals surface area contributed by atoms with Crippen LogP contribution in [-0.2, 0) is 13.6 Å². The number of nitrogens with zero attached hydrogens (tertiary/aromatic N) is 5. The van der Waals surface area contributed by atoms with Crippen molar-refractivity contribution < 1.29 is 0 Å². The largest absolute Gasteiger partial charge is 0.314 e. The van der Waals surface area contributed by atoms with Gasteiger partial charge in [-0.25, -0.2) is 0 Å². The Morgan fingerprint density at radius 2 is 2.12 bits per heavy atom. The Morgan fingerprint density at radius 1 is 1.35 bits per heavy atom. The molecule has 0 saturated carbocycles. The van der Waals surface area contributed by atoms with Crippen LogP contribution in [-0.4, -0.2) is 50.3 Å². The van der Waals surface area contributed by atoms with E-state index in [-0.39, 0.29) is 5.54 Å². The summed E-state index contributed by atoms with van der Waals surface area (Å²) >= 11 is 0. The molecule has 1 aliphatic rings. The number of aromatic nitrogens is 4. The van der Waals surface area contributed by atoms with E-state index in [2.05, 4.69) is 39.5 Å². The minimum Gasteiger partial charge on any atom is -0.314 e. The number of rotatable bonds is 4. The van der Waals surface area contributed by atoms with Crippen LogP contribution in [0, 0.1) is 0 Å². The SMILES string of the molecule is CCC1(CC)CNCCN1Cc1nnn(C)n1. The van der Waals surface area contributed by atoms with Crippen LogP contribution in [0.4, 0.5) is 0 Å². The second-order valence-corrected chi connectivity index (χ2v) is 4.72. The van der Waals surface area contributed by atoms with Gasteiger partial charge in [-0.2, -0.15) is 4.80 Å². The van der Waals surface area contributed by atoms with Crippen molar-refractivity contribution in [2.24, 2.45) is 7.05 Å². The lowest BCUT2D eigenvalue weighted by molar-refractivity contribution is 0.0424. The Bertz CT molecular complexity index is 357. The fourth-order valence-electron chi connectivity index (χ4n) is 2.64. The molecule has 1 saturated heterocycles. The lowest BCUT2D eigenvalue weighted by atomic mass is 9.88. The third-order valence-corrected chi connectivity index (χ3v) is 3.88. The summed E-state index contributed by atoms with van der Waals surface area (Å²) in [5, 5.41) is 15.7. The van der Waals surface area contributed by atoms with E-state index in [0.29, 0.717) is 0 Å². The van der Waals surface area contributed by atoms with E-state index in [9.17, 15) is 0 Å². The molecule has 0 spiro atoms. The Labute approximate surface area is 102 Å². The maximum absolute atomic E-state index is 4.27. The average molecular weight is 238 g/mol. The third-order valence-electron chi connectivity index (χ3n) is 3.88. The molecule has 2 rings (SSSR count). The van der Waals surface area contributed by atoms with Gasteiger partial charge >= 0.3 is 0 Å². The molecular weight excluding hydrogens is 216 g/mol. The molecule has 0 aliphatic carbocycles. The zero-order valence-corrected chi connectivity index (χ0v) is 11.0. The van der Waals surface area contributed by atoms with E-state index >= 15 is 0 Å². The molecule has 0 aromatic carbocycles. The van der Waals surface area contributed by atoms with Crippen molar-refractivity contribution in [3.63, 3.8) is 0 Å². The van der Waals surface area contributed by atoms with Gasteiger partial charge in [-0.3, -0.25) is 4.90 Å². The van der Waals surface area contributed by atoms with Gasteiger partial charge in [0, 0.05) is 25.2 Å². The molecule has 17 heavy (non-hydrogen) atoms. The van der Waals surface area contributed by atoms with Gasteiger partial charge < -0.3 is 5.32 Å². The van der Waals surface area contributed by atoms with Crippen molar-refractivity contribution in [1.29, 1.82) is 0 Å². The highest BCUT2D eigenvalue weighted by Gasteiger charge is 2.36. The second kappa shape index (κ2) is 5.10. The van der Waals surface area contributed by atoms with Crippen molar-refractivity contribution in [2.45, 2.75) is 38.8 Å². The molecule has 0 amide bonds. The van der Waals surface area contributed by atoms with Crippen LogP contribution in [0.1, 0.15) is 32.5 Å². The zero-order valence-electron chi connectivity index (χ0n) is 11.0. The van der Waals surface area contributed by atoms with Crippen molar-refractivity contribution in [3.05, 3.63) is 5.82 Å². The second-order valence-electron chi connectivity index (χ2n) is 4.72. The number of piperazine rings is 1. The first-order chi connectivity index (χ1) is 8.20. The Morgan fingerprint density at radius 3 is 2.71 bits per heavy atom. The standard InChI is InChI=1S/C11H22N6/c1-4-11(5-2)9-12-6-7-17(11)8-10-13-15-16(3)14-10/h12H,4-9H2,1-3H3. The first kappa shape index (κ1) is 12.4. The van der Waals surface area contributed by atoms with Crippen molar-refractivity contribution in [3.8, 4) is 0 Å². The summed E-state index contributed by atoms with van der Waals surface area (Å²) in [6.07, 6.45) is 2.30. The molecule has 0 unspecified atom stereocenters. The van der Waals surface area contributed by atoms with Gasteiger partial charge in [0.25, 0.3) is 0 Å². The summed E-state index contributed by atoms with van der Waals surface area (Å²) in [7, 11) is 1.81. The molecular formula is C11H22N6. The molecule has 1 N–H and O–H groups in total. The van der Waals surface area contributed by atoms with E-state index in [0.717, 1.165) is 44.8 Å². The molecule has 0 atom stereocenters. The Hall–Kier alpha value is -1.01. The fraction of sp³-hybridized carbons (Fsp3) is 0.909. The topological polar surface area (TPSA) is 58.9 Å². The smallest absolute Gasteiger partial charge is 0.188 e. The summed E-state index contributed by atoms with van der Waals surface area (Å²) < 4.78 is 0. The van der Waals surface area contributed by atoms with Crippen LogP contribution in [0.15, 0.2) is 0 Å². The van der Waals surface area contributed by atoms with Gasteiger partial charge in [0.15, 0.2) is 5.82 Å². The van der Waals surface area contributed by atoms with Crippen molar-refractivity contribution in [1.82, 2.24) is 30.4 Å². The molecule has 1 aliphatic heterocycles. The van der Waals surface area contributed by atoms with E-state index in [1.807, 2.05) is 0 Å². The summed E-state index contributed by atoms with van der Waals surface area (Å²) in [6, 6.07) is 0. The highest BCUT2D eigenvalue weighted by molar-refractivity contribution is 4.96. The first-order valence-electron chi connectivity index (χ1n) is 6.39. The number of aryl methyl sites for hydroxylation is 1. The predicted molar refractivity (Wildman–Crippen MR) is 65.4 cm³/mol. The minimum atomic E-state index is 0.247. The number of tetrazole rings is 1. The third kappa shape index (κ3) is 2.47. The summed E-state index contributed by atoms with van der Waals surface area (Å²) in [6.45, 7) is 8.47. The van der Waals surface area contributed by atoms with Crippen molar-refractivity contribution in [2.75, 3.05) is 19.6 Å². The van der Waals surface area contributed by atoms with E-state index in [1.165, 1.54) is 4.80 Å². The zero-order chi connectivity index (χ0) is 12.3. The lowest BCUT2D eigenvalue weighted by Crippen LogP contribution is -2.60. The number of hydrogen-bond donors (Lipinski definition) is 1. The molecule has 1 aromatic heterocycles. The molecule has 6 heteroatoms. The number of hydrogen-bond acceptors (Lipinski definition) is 5. The first-order valence-corrected chi connectivity index (χ1v) is 6.39. The predicted octanol–water partition coefficient (Wildman–Crippen LogP) is 0.174. The van der Waals surface area contributed by atoms with Gasteiger partial charge in [-0.05, 0) is 18.1 Å². The number of nitrogens with one attached hydrogen (secondary N) is 1. The fourth-order valence-corrected chi connectivity index (χ4v) is 2.64. The van der Waals surface area contributed by atoms with Crippen LogP contribution >= 0.6 is 0 Å². The highest BCUT2D eigenvalue weighted by Crippen LogP contribution is 2.26. The minimum absolute atomic E-state index is 0.247. The van der Waals surface area contributed by atoms with Crippen LogP contribution < -0.4 is 5.32 Å². The molecule has 0 bridgehead atoms. The normalized spacial score (nSPS) is 20.6.